The lowest BCUT2D eigenvalue weighted by molar-refractivity contribution is -0.184. The summed E-state index contributed by atoms with van der Waals surface area (Å²) in [7, 11) is -3.63. The summed E-state index contributed by atoms with van der Waals surface area (Å²) < 4.78 is 113. The predicted octanol–water partition coefficient (Wildman–Crippen LogP) is 11.9. The fourth-order valence-electron chi connectivity index (χ4n) is 6.27. The van der Waals surface area contributed by atoms with Gasteiger partial charge in [0.25, 0.3) is 10.1 Å². The van der Waals surface area contributed by atoms with Gasteiger partial charge in [-0.3, -0.25) is 14.2 Å². The number of hydrogen-bond donors (Lipinski definition) is 1. The quantitative estimate of drug-likeness (QED) is 0.141. The molecule has 6 nitrogen and oxygen atoms in total. The zero-order valence-corrected chi connectivity index (χ0v) is 35.7. The third-order valence-corrected chi connectivity index (χ3v) is 12.2. The van der Waals surface area contributed by atoms with Gasteiger partial charge in [-0.15, -0.1) is 0 Å². The summed E-state index contributed by atoms with van der Waals surface area (Å²) in [4.78, 5) is 8.37. The van der Waals surface area contributed by atoms with Crippen LogP contribution in [0.1, 0.15) is 46.2 Å². The van der Waals surface area contributed by atoms with E-state index in [0.717, 1.165) is 6.26 Å². The van der Waals surface area contributed by atoms with Gasteiger partial charge in [0.15, 0.2) is 0 Å². The molecule has 0 saturated heterocycles. The molecule has 2 aliphatic rings. The number of aliphatic hydroxyl groups is 1. The number of aliphatic imine (C=N–C) groups is 2. The van der Waals surface area contributed by atoms with E-state index in [4.69, 9.17) is 50.6 Å². The van der Waals surface area contributed by atoms with Gasteiger partial charge in [-0.1, -0.05) is 103 Å². The maximum Gasteiger partial charge on any atom is 0.400 e. The Balaban J connectivity index is 0.000000216. The van der Waals surface area contributed by atoms with Gasteiger partial charge in [0.05, 0.1) is 32.6 Å². The molecule has 2 heterocycles. The molecule has 0 bridgehead atoms. The third kappa shape index (κ3) is 9.96. The molecule has 56 heavy (non-hydrogen) atoms. The van der Waals surface area contributed by atoms with E-state index in [0.29, 0.717) is 36.9 Å². The highest BCUT2D eigenvalue weighted by molar-refractivity contribution is 9.10. The van der Waals surface area contributed by atoms with E-state index in [1.165, 1.54) is 36.4 Å². The van der Waals surface area contributed by atoms with Gasteiger partial charge >= 0.3 is 12.4 Å². The van der Waals surface area contributed by atoms with Crippen LogP contribution in [0, 0.1) is 0 Å². The Kier molecular flexibility index (Phi) is 13.8. The molecule has 0 fully saturated rings. The summed E-state index contributed by atoms with van der Waals surface area (Å²) in [5.41, 5.74) is -1.56. The summed E-state index contributed by atoms with van der Waals surface area (Å²) in [5.74, 6) is 0. The van der Waals surface area contributed by atoms with Crippen LogP contribution >= 0.6 is 78.3 Å². The summed E-state index contributed by atoms with van der Waals surface area (Å²) in [6, 6.07) is 17.6. The normalized spacial score (nSPS) is 20.0. The van der Waals surface area contributed by atoms with Crippen molar-refractivity contribution in [1.29, 1.82) is 0 Å². The lowest BCUT2D eigenvalue weighted by Crippen LogP contribution is -2.43. The van der Waals surface area contributed by atoms with E-state index in [-0.39, 0.29) is 63.0 Å². The number of nitrogens with zero attached hydrogens (tertiary/aromatic N) is 2. The maximum atomic E-state index is 14.2. The molecule has 6 rings (SSSR count). The van der Waals surface area contributed by atoms with E-state index >= 15 is 0 Å². The van der Waals surface area contributed by atoms with E-state index in [2.05, 4.69) is 41.8 Å². The van der Waals surface area contributed by atoms with Gasteiger partial charge in [-0.05, 0) is 81.9 Å². The molecule has 2 atom stereocenters. The molecular formula is C37H28Br2Cl4F6N2O4S. The van der Waals surface area contributed by atoms with Crippen molar-refractivity contribution in [1.82, 2.24) is 0 Å². The molecule has 0 saturated carbocycles. The van der Waals surface area contributed by atoms with Crippen LogP contribution in [0.2, 0.25) is 20.1 Å². The first kappa shape index (κ1) is 44.9. The molecule has 19 heteroatoms. The van der Waals surface area contributed by atoms with E-state index in [1.54, 1.807) is 36.4 Å². The molecule has 2 unspecified atom stereocenters. The molecule has 0 spiro atoms. The van der Waals surface area contributed by atoms with Gasteiger partial charge in [-0.25, -0.2) is 0 Å². The number of aliphatic hydroxyl groups excluding tert-OH is 1. The summed E-state index contributed by atoms with van der Waals surface area (Å²) in [6.07, 6.45) is -8.85. The van der Waals surface area contributed by atoms with Crippen LogP contribution in [0.5, 0.6) is 0 Å². The first-order valence-electron chi connectivity index (χ1n) is 16.1. The molecule has 1 N–H and O–H groups in total. The number of hydrogen-bond acceptors (Lipinski definition) is 6. The number of alkyl halides is 6. The first-order valence-corrected chi connectivity index (χ1v) is 21.0. The Morgan fingerprint density at radius 2 is 1.05 bits per heavy atom. The van der Waals surface area contributed by atoms with Gasteiger partial charge in [-0.2, -0.15) is 34.8 Å². The van der Waals surface area contributed by atoms with Crippen LogP contribution in [0.15, 0.2) is 91.7 Å². The van der Waals surface area contributed by atoms with Crippen molar-refractivity contribution in [3.8, 4) is 0 Å². The highest BCUT2D eigenvalue weighted by Crippen LogP contribution is 2.50. The zero-order chi connectivity index (χ0) is 41.4. The smallest absolute Gasteiger partial charge is 0.392 e. The summed E-state index contributed by atoms with van der Waals surface area (Å²) in [5, 5.41) is 9.77. The van der Waals surface area contributed by atoms with Crippen molar-refractivity contribution in [3.05, 3.63) is 135 Å². The fraction of sp³-hybridized carbons (Fsp3) is 0.297. The Bertz CT molecular complexity index is 2290. The van der Waals surface area contributed by atoms with Crippen LogP contribution in [-0.2, 0) is 38.3 Å². The minimum atomic E-state index is -4.58. The van der Waals surface area contributed by atoms with E-state index in [9.17, 15) is 39.9 Å². The second kappa shape index (κ2) is 17.2. The van der Waals surface area contributed by atoms with Crippen LogP contribution < -0.4 is 0 Å². The number of rotatable bonds is 8. The van der Waals surface area contributed by atoms with E-state index < -0.39 is 46.4 Å². The molecule has 0 aliphatic carbocycles. The molecule has 0 radical (unpaired) electrons. The topological polar surface area (TPSA) is 88.3 Å². The zero-order valence-electron chi connectivity index (χ0n) is 28.7. The Morgan fingerprint density at radius 3 is 1.38 bits per heavy atom. The third-order valence-electron chi connectivity index (χ3n) is 9.31. The predicted molar refractivity (Wildman–Crippen MR) is 214 cm³/mol. The standard InChI is InChI=1S/C19H15BrCl2F3NO3S.C18H13BrCl2F3NO/c1-30(27,28)29-9-12-3-2-11(4-16(12)20)17-8-18(10-26-17,19(23,24)25)13-5-14(21)7-15(22)6-13;19-15-3-10(1-2-11(15)8-26)16-7-17(9-25-16,18(22,23)24)12-4-13(20)6-14(21)5-12/h2-7H,8-10H2,1H3;1-6,26H,7-9H2. The van der Waals surface area contributed by atoms with Crippen LogP contribution in [0.25, 0.3) is 0 Å². The molecule has 0 amide bonds. The van der Waals surface area contributed by atoms with Crippen molar-refractivity contribution >= 4 is 99.8 Å². The van der Waals surface area contributed by atoms with Gasteiger partial charge < -0.3 is 5.11 Å². The Morgan fingerprint density at radius 1 is 0.679 bits per heavy atom. The highest BCUT2D eigenvalue weighted by Gasteiger charge is 2.59. The van der Waals surface area contributed by atoms with Gasteiger partial charge in [0, 0.05) is 53.3 Å². The van der Waals surface area contributed by atoms with Crippen molar-refractivity contribution in [2.75, 3.05) is 19.3 Å². The molecule has 2 aliphatic heterocycles. The molecule has 4 aromatic rings. The van der Waals surface area contributed by atoms with Crippen LogP contribution in [0.4, 0.5) is 26.3 Å². The molecular weight excluding hydrogens is 984 g/mol. The number of halogens is 12. The average molecular weight is 1010 g/mol. The fourth-order valence-corrected chi connectivity index (χ4v) is 8.66. The second-order valence-electron chi connectivity index (χ2n) is 13.1. The maximum absolute atomic E-state index is 14.2. The summed E-state index contributed by atoms with van der Waals surface area (Å²) >= 11 is 30.4. The SMILES string of the molecule is CS(=O)(=O)OCc1ccc(C2=NCC(c3cc(Cl)cc(Cl)c3)(C(F)(F)F)C2)cc1Br.OCc1ccc(C2=NCC(c3cc(Cl)cc(Cl)c3)(C(F)(F)F)C2)cc1Br. The van der Waals surface area contributed by atoms with Crippen molar-refractivity contribution in [2.24, 2.45) is 9.98 Å². The minimum absolute atomic E-state index is 0.00675. The first-order chi connectivity index (χ1) is 26.0. The Labute approximate surface area is 355 Å². The van der Waals surface area contributed by atoms with Crippen LogP contribution in [-0.4, -0.2) is 56.6 Å². The number of benzene rings is 4. The van der Waals surface area contributed by atoms with E-state index in [1.807, 2.05) is 0 Å². The lowest BCUT2D eigenvalue weighted by atomic mass is 9.76. The van der Waals surface area contributed by atoms with Crippen molar-refractivity contribution in [3.63, 3.8) is 0 Å². The monoisotopic (exact) mass is 1010 g/mol. The van der Waals surface area contributed by atoms with Gasteiger partial charge in [0.2, 0.25) is 0 Å². The van der Waals surface area contributed by atoms with Crippen LogP contribution in [0.3, 0.4) is 0 Å². The average Bonchev–Trinajstić information content (AvgIpc) is 3.75. The Hall–Kier alpha value is -2.21. The van der Waals surface area contributed by atoms with Crippen molar-refractivity contribution in [2.45, 2.75) is 49.2 Å². The molecule has 0 aromatic heterocycles. The van der Waals surface area contributed by atoms with Crippen molar-refractivity contribution < 1.29 is 44.0 Å². The lowest BCUT2D eigenvalue weighted by Gasteiger charge is -2.31. The summed E-state index contributed by atoms with van der Waals surface area (Å²) in [6.45, 7) is -1.28. The second-order valence-corrected chi connectivity index (χ2v) is 18.2. The molecule has 4 aromatic carbocycles. The highest BCUT2D eigenvalue weighted by atomic mass is 79.9. The largest absolute Gasteiger partial charge is 0.400 e. The minimum Gasteiger partial charge on any atom is -0.392 e. The molecule has 300 valence electrons. The van der Waals surface area contributed by atoms with Gasteiger partial charge in [0.1, 0.15) is 10.8 Å².